The maximum absolute atomic E-state index is 11.2. The largest absolute Gasteiger partial charge is 0.322 e. The molecule has 0 rings (SSSR count). The highest BCUT2D eigenvalue weighted by molar-refractivity contribution is 5.56. The van der Waals surface area contributed by atoms with Gasteiger partial charge in [0.05, 0.1) is 6.04 Å². The summed E-state index contributed by atoms with van der Waals surface area (Å²) in [5.41, 5.74) is 4.83. The Morgan fingerprint density at radius 2 is 2.12 bits per heavy atom. The maximum Gasteiger partial charge on any atom is 0.240 e. The summed E-state index contributed by atoms with van der Waals surface area (Å²) in [6, 6.07) is -1.00. The van der Waals surface area contributed by atoms with Gasteiger partial charge in [0.1, 0.15) is 6.29 Å². The molecule has 0 aromatic heterocycles. The Hall–Kier alpha value is -0.510. The average Bonchev–Trinajstić information content (AvgIpc) is 1.65. The third-order valence-corrected chi connectivity index (χ3v) is 0.625. The van der Waals surface area contributed by atoms with E-state index < -0.39 is 18.9 Å². The van der Waals surface area contributed by atoms with Crippen LogP contribution in [0.15, 0.2) is 0 Å². The van der Waals surface area contributed by atoms with Crippen molar-refractivity contribution in [2.24, 2.45) is 5.73 Å². The van der Waals surface area contributed by atoms with Crippen LogP contribution in [-0.2, 0) is 4.79 Å². The SMILES string of the molecule is NC(C=O)CC(F)F. The van der Waals surface area contributed by atoms with E-state index in [1.54, 1.807) is 0 Å². The Morgan fingerprint density at radius 1 is 1.62 bits per heavy atom. The van der Waals surface area contributed by atoms with Gasteiger partial charge in [-0.05, 0) is 0 Å². The lowest BCUT2D eigenvalue weighted by Gasteiger charge is -1.98. The predicted octanol–water partition coefficient (Wildman–Crippen LogP) is 0.168. The molecule has 1 atom stereocenters. The number of rotatable bonds is 3. The first kappa shape index (κ1) is 7.49. The number of halogens is 2. The highest BCUT2D eigenvalue weighted by Crippen LogP contribution is 1.99. The van der Waals surface area contributed by atoms with Gasteiger partial charge >= 0.3 is 0 Å². The van der Waals surface area contributed by atoms with Crippen molar-refractivity contribution < 1.29 is 13.6 Å². The Bertz CT molecular complexity index is 76.4. The van der Waals surface area contributed by atoms with Crippen LogP contribution in [0, 0.1) is 0 Å². The van der Waals surface area contributed by atoms with Gasteiger partial charge in [0.25, 0.3) is 0 Å². The molecule has 0 aliphatic carbocycles. The summed E-state index contributed by atoms with van der Waals surface area (Å²) in [6.07, 6.45) is -2.70. The van der Waals surface area contributed by atoms with Crippen LogP contribution in [0.4, 0.5) is 8.78 Å². The first-order valence-corrected chi connectivity index (χ1v) is 2.16. The Morgan fingerprint density at radius 3 is 2.25 bits per heavy atom. The average molecular weight is 123 g/mol. The molecule has 1 unspecified atom stereocenters. The van der Waals surface area contributed by atoms with E-state index in [9.17, 15) is 13.6 Å². The van der Waals surface area contributed by atoms with E-state index in [0.717, 1.165) is 0 Å². The minimum atomic E-state index is -2.48. The summed E-state index contributed by atoms with van der Waals surface area (Å²) in [4.78, 5) is 9.58. The minimum absolute atomic E-state index is 0.312. The lowest BCUT2D eigenvalue weighted by molar-refractivity contribution is -0.109. The second-order valence-corrected chi connectivity index (χ2v) is 1.43. The van der Waals surface area contributed by atoms with Crippen molar-refractivity contribution in [1.82, 2.24) is 0 Å². The van der Waals surface area contributed by atoms with Gasteiger partial charge in [-0.25, -0.2) is 8.78 Å². The molecule has 2 nitrogen and oxygen atoms in total. The number of carbonyl (C=O) groups excluding carboxylic acids is 1. The summed E-state index contributed by atoms with van der Waals surface area (Å²) in [7, 11) is 0. The molecule has 0 saturated carbocycles. The van der Waals surface area contributed by atoms with Crippen LogP contribution in [0.3, 0.4) is 0 Å². The van der Waals surface area contributed by atoms with E-state index in [-0.39, 0.29) is 0 Å². The molecular weight excluding hydrogens is 116 g/mol. The monoisotopic (exact) mass is 123 g/mol. The van der Waals surface area contributed by atoms with Crippen LogP contribution in [0.2, 0.25) is 0 Å². The van der Waals surface area contributed by atoms with Crippen molar-refractivity contribution in [2.75, 3.05) is 0 Å². The number of alkyl halides is 2. The van der Waals surface area contributed by atoms with Crippen molar-refractivity contribution in [3.63, 3.8) is 0 Å². The first-order valence-electron chi connectivity index (χ1n) is 2.16. The van der Waals surface area contributed by atoms with Crippen LogP contribution in [0.1, 0.15) is 6.42 Å². The Kier molecular flexibility index (Phi) is 3.26. The molecule has 0 amide bonds. The van der Waals surface area contributed by atoms with Crippen LogP contribution in [-0.4, -0.2) is 18.8 Å². The van der Waals surface area contributed by atoms with Crippen molar-refractivity contribution >= 4 is 6.29 Å². The van der Waals surface area contributed by atoms with Gasteiger partial charge in [0.15, 0.2) is 0 Å². The van der Waals surface area contributed by atoms with Gasteiger partial charge in [-0.2, -0.15) is 0 Å². The van der Waals surface area contributed by atoms with Crippen LogP contribution in [0.25, 0.3) is 0 Å². The summed E-state index contributed by atoms with van der Waals surface area (Å²) in [6.45, 7) is 0. The lowest BCUT2D eigenvalue weighted by Crippen LogP contribution is -2.23. The predicted molar refractivity (Wildman–Crippen MR) is 24.7 cm³/mol. The standard InChI is InChI=1S/C4H7F2NO/c5-4(6)1-3(7)2-8/h2-4H,1,7H2. The zero-order valence-electron chi connectivity index (χ0n) is 4.18. The maximum atomic E-state index is 11.2. The van der Waals surface area contributed by atoms with Crippen LogP contribution < -0.4 is 5.73 Å². The topological polar surface area (TPSA) is 43.1 Å². The molecule has 0 saturated heterocycles. The van der Waals surface area contributed by atoms with Gasteiger partial charge in [0, 0.05) is 6.42 Å². The zero-order chi connectivity index (χ0) is 6.57. The van der Waals surface area contributed by atoms with E-state index in [0.29, 0.717) is 6.29 Å². The van der Waals surface area contributed by atoms with Crippen molar-refractivity contribution in [1.29, 1.82) is 0 Å². The van der Waals surface area contributed by atoms with Crippen LogP contribution in [0.5, 0.6) is 0 Å². The number of hydrogen-bond donors (Lipinski definition) is 1. The quantitative estimate of drug-likeness (QED) is 0.543. The van der Waals surface area contributed by atoms with Crippen LogP contribution >= 0.6 is 0 Å². The molecule has 0 aromatic carbocycles. The van der Waals surface area contributed by atoms with Crippen molar-refractivity contribution in [3.8, 4) is 0 Å². The fourth-order valence-corrected chi connectivity index (χ4v) is 0.261. The van der Waals surface area contributed by atoms with Gasteiger partial charge in [-0.15, -0.1) is 0 Å². The summed E-state index contributed by atoms with van der Waals surface area (Å²) in [5.74, 6) is 0. The molecule has 48 valence electrons. The summed E-state index contributed by atoms with van der Waals surface area (Å²) < 4.78 is 22.5. The number of nitrogens with two attached hydrogens (primary N) is 1. The molecule has 4 heteroatoms. The highest BCUT2D eigenvalue weighted by Gasteiger charge is 2.07. The fraction of sp³-hybridized carbons (Fsp3) is 0.750. The molecule has 0 spiro atoms. The Labute approximate surface area is 45.7 Å². The number of carbonyl (C=O) groups is 1. The van der Waals surface area contributed by atoms with Gasteiger partial charge in [-0.3, -0.25) is 0 Å². The second-order valence-electron chi connectivity index (χ2n) is 1.43. The fourth-order valence-electron chi connectivity index (χ4n) is 0.261. The van der Waals surface area contributed by atoms with E-state index >= 15 is 0 Å². The molecule has 0 aliphatic heterocycles. The molecule has 8 heavy (non-hydrogen) atoms. The molecule has 2 N–H and O–H groups in total. The molecule has 0 bridgehead atoms. The lowest BCUT2D eigenvalue weighted by atomic mass is 10.2. The zero-order valence-corrected chi connectivity index (χ0v) is 4.18. The molecule has 0 aromatic rings. The highest BCUT2D eigenvalue weighted by atomic mass is 19.3. The molecule has 0 heterocycles. The van der Waals surface area contributed by atoms with Gasteiger partial charge in [0.2, 0.25) is 6.43 Å². The molecule has 0 fully saturated rings. The molecular formula is C4H7F2NO. The second kappa shape index (κ2) is 3.49. The van der Waals surface area contributed by atoms with Crippen molar-refractivity contribution in [2.45, 2.75) is 18.9 Å². The Balaban J connectivity index is 3.23. The molecule has 0 radical (unpaired) electrons. The normalized spacial score (nSPS) is 14.0. The molecule has 0 aliphatic rings. The number of hydrogen-bond acceptors (Lipinski definition) is 2. The number of aldehydes is 1. The van der Waals surface area contributed by atoms with E-state index in [2.05, 4.69) is 0 Å². The van der Waals surface area contributed by atoms with Gasteiger partial charge in [-0.1, -0.05) is 0 Å². The van der Waals surface area contributed by atoms with Gasteiger partial charge < -0.3 is 10.5 Å². The summed E-state index contributed by atoms with van der Waals surface area (Å²) in [5, 5.41) is 0. The first-order chi connectivity index (χ1) is 3.66. The minimum Gasteiger partial charge on any atom is -0.322 e. The summed E-state index contributed by atoms with van der Waals surface area (Å²) >= 11 is 0. The smallest absolute Gasteiger partial charge is 0.240 e. The van der Waals surface area contributed by atoms with E-state index in [1.807, 2.05) is 0 Å². The van der Waals surface area contributed by atoms with Crippen molar-refractivity contribution in [3.05, 3.63) is 0 Å². The third kappa shape index (κ3) is 3.67. The third-order valence-electron chi connectivity index (χ3n) is 0.625. The van der Waals surface area contributed by atoms with E-state index in [1.165, 1.54) is 0 Å². The van der Waals surface area contributed by atoms with E-state index in [4.69, 9.17) is 5.73 Å².